The number of hydrogen-bond acceptors (Lipinski definition) is 3. The Hall–Kier alpha value is -1.74. The standard InChI is InChI=1S/C13H14O3/c1-9-5-6-11(15-2)10(8-9)13(14)12-4-3-7-16-12/h3-8,13-14H,1-2H3/t13-/m0/s1. The largest absolute Gasteiger partial charge is 0.496 e. The van der Waals surface area contributed by atoms with Crippen LogP contribution in [0.5, 0.6) is 5.75 Å². The van der Waals surface area contributed by atoms with Gasteiger partial charge in [-0.15, -0.1) is 0 Å². The minimum absolute atomic E-state index is 0.518. The second-order valence-corrected chi connectivity index (χ2v) is 3.66. The number of aliphatic hydroxyl groups is 1. The highest BCUT2D eigenvalue weighted by molar-refractivity contribution is 5.40. The van der Waals surface area contributed by atoms with Gasteiger partial charge in [-0.05, 0) is 31.2 Å². The van der Waals surface area contributed by atoms with Crippen LogP contribution in [0.2, 0.25) is 0 Å². The highest BCUT2D eigenvalue weighted by Gasteiger charge is 2.17. The SMILES string of the molecule is COc1ccc(C)cc1[C@H](O)c1ccco1. The molecule has 16 heavy (non-hydrogen) atoms. The highest BCUT2D eigenvalue weighted by Crippen LogP contribution is 2.30. The number of ether oxygens (including phenoxy) is 1. The Balaban J connectivity index is 2.42. The van der Waals surface area contributed by atoms with Crippen molar-refractivity contribution in [2.75, 3.05) is 7.11 Å². The lowest BCUT2D eigenvalue weighted by Gasteiger charge is -2.13. The lowest BCUT2D eigenvalue weighted by Crippen LogP contribution is -2.01. The molecule has 3 nitrogen and oxygen atoms in total. The van der Waals surface area contributed by atoms with Crippen LogP contribution in [-0.4, -0.2) is 12.2 Å². The number of hydrogen-bond donors (Lipinski definition) is 1. The lowest BCUT2D eigenvalue weighted by molar-refractivity contribution is 0.185. The van der Waals surface area contributed by atoms with Crippen LogP contribution in [-0.2, 0) is 0 Å². The normalized spacial score (nSPS) is 12.4. The van der Waals surface area contributed by atoms with Gasteiger partial charge in [-0.1, -0.05) is 11.6 Å². The van der Waals surface area contributed by atoms with Crippen LogP contribution >= 0.6 is 0 Å². The first-order valence-corrected chi connectivity index (χ1v) is 5.08. The van der Waals surface area contributed by atoms with E-state index in [-0.39, 0.29) is 0 Å². The van der Waals surface area contributed by atoms with E-state index in [1.165, 1.54) is 0 Å². The predicted octanol–water partition coefficient (Wildman–Crippen LogP) is 2.68. The smallest absolute Gasteiger partial charge is 0.140 e. The van der Waals surface area contributed by atoms with Gasteiger partial charge in [0.2, 0.25) is 0 Å². The minimum atomic E-state index is -0.787. The molecule has 0 aliphatic heterocycles. The summed E-state index contributed by atoms with van der Waals surface area (Å²) in [6.07, 6.45) is 0.755. The van der Waals surface area contributed by atoms with Crippen molar-refractivity contribution in [3.8, 4) is 5.75 Å². The second-order valence-electron chi connectivity index (χ2n) is 3.66. The Kier molecular flexibility index (Phi) is 2.97. The van der Waals surface area contributed by atoms with E-state index in [0.29, 0.717) is 11.5 Å². The maximum absolute atomic E-state index is 10.1. The molecule has 1 aromatic carbocycles. The molecule has 3 heteroatoms. The Morgan fingerprint density at radius 2 is 2.12 bits per heavy atom. The van der Waals surface area contributed by atoms with Gasteiger partial charge in [0, 0.05) is 5.56 Å². The number of aliphatic hydroxyl groups excluding tert-OH is 1. The minimum Gasteiger partial charge on any atom is -0.496 e. The quantitative estimate of drug-likeness (QED) is 0.861. The molecule has 1 atom stereocenters. The summed E-state index contributed by atoms with van der Waals surface area (Å²) in [5, 5.41) is 10.1. The molecule has 0 aliphatic rings. The van der Waals surface area contributed by atoms with Crippen LogP contribution in [0.4, 0.5) is 0 Å². The molecule has 0 bridgehead atoms. The number of rotatable bonds is 3. The zero-order valence-corrected chi connectivity index (χ0v) is 9.31. The van der Waals surface area contributed by atoms with E-state index in [1.807, 2.05) is 25.1 Å². The fourth-order valence-corrected chi connectivity index (χ4v) is 1.67. The Bertz CT molecular complexity index is 460. The fourth-order valence-electron chi connectivity index (χ4n) is 1.67. The van der Waals surface area contributed by atoms with E-state index >= 15 is 0 Å². The van der Waals surface area contributed by atoms with Gasteiger partial charge in [0.1, 0.15) is 17.6 Å². The summed E-state index contributed by atoms with van der Waals surface area (Å²) in [6, 6.07) is 9.17. The van der Waals surface area contributed by atoms with Crippen molar-refractivity contribution in [2.24, 2.45) is 0 Å². The van der Waals surface area contributed by atoms with Crippen LogP contribution in [0.25, 0.3) is 0 Å². The molecule has 1 aromatic heterocycles. The molecule has 0 saturated heterocycles. The average Bonchev–Trinajstić information content (AvgIpc) is 2.81. The molecule has 1 N–H and O–H groups in total. The summed E-state index contributed by atoms with van der Waals surface area (Å²) in [5.41, 5.74) is 1.79. The number of aryl methyl sites for hydroxylation is 1. The summed E-state index contributed by atoms with van der Waals surface area (Å²) < 4.78 is 10.4. The van der Waals surface area contributed by atoms with Crippen LogP contribution < -0.4 is 4.74 Å². The molecule has 0 saturated carbocycles. The van der Waals surface area contributed by atoms with Crippen LogP contribution in [0, 0.1) is 6.92 Å². The molecule has 0 amide bonds. The van der Waals surface area contributed by atoms with Gasteiger partial charge >= 0.3 is 0 Å². The monoisotopic (exact) mass is 218 g/mol. The number of methoxy groups -OCH3 is 1. The topological polar surface area (TPSA) is 42.6 Å². The maximum atomic E-state index is 10.1. The van der Waals surface area contributed by atoms with Crippen molar-refractivity contribution in [3.05, 3.63) is 53.5 Å². The second kappa shape index (κ2) is 4.41. The van der Waals surface area contributed by atoms with E-state index in [9.17, 15) is 5.11 Å². The summed E-state index contributed by atoms with van der Waals surface area (Å²) in [5.74, 6) is 1.18. The zero-order chi connectivity index (χ0) is 11.5. The van der Waals surface area contributed by atoms with Crippen molar-refractivity contribution in [1.82, 2.24) is 0 Å². The molecule has 0 spiro atoms. The third-order valence-corrected chi connectivity index (χ3v) is 2.49. The third kappa shape index (κ3) is 1.95. The Morgan fingerprint density at radius 1 is 1.31 bits per heavy atom. The van der Waals surface area contributed by atoms with E-state index in [4.69, 9.17) is 9.15 Å². The van der Waals surface area contributed by atoms with Gasteiger partial charge in [-0.2, -0.15) is 0 Å². The summed E-state index contributed by atoms with van der Waals surface area (Å²) in [4.78, 5) is 0. The fraction of sp³-hybridized carbons (Fsp3) is 0.231. The van der Waals surface area contributed by atoms with Crippen LogP contribution in [0.3, 0.4) is 0 Å². The zero-order valence-electron chi connectivity index (χ0n) is 9.31. The lowest BCUT2D eigenvalue weighted by atomic mass is 10.0. The van der Waals surface area contributed by atoms with E-state index in [2.05, 4.69) is 0 Å². The molecule has 2 rings (SSSR count). The van der Waals surface area contributed by atoms with Crippen LogP contribution in [0.1, 0.15) is 23.0 Å². The van der Waals surface area contributed by atoms with Gasteiger partial charge < -0.3 is 14.3 Å². The first kappa shape index (κ1) is 10.8. The van der Waals surface area contributed by atoms with Gasteiger partial charge in [0.05, 0.1) is 13.4 Å². The molecule has 0 fully saturated rings. The molecule has 0 unspecified atom stereocenters. The molecule has 2 aromatic rings. The van der Waals surface area contributed by atoms with E-state index < -0.39 is 6.10 Å². The summed E-state index contributed by atoms with van der Waals surface area (Å²) in [6.45, 7) is 1.97. The predicted molar refractivity (Wildman–Crippen MR) is 60.5 cm³/mol. The van der Waals surface area contributed by atoms with E-state index in [1.54, 1.807) is 25.5 Å². The molecule has 0 aliphatic carbocycles. The van der Waals surface area contributed by atoms with E-state index in [0.717, 1.165) is 11.1 Å². The first-order valence-electron chi connectivity index (χ1n) is 5.08. The van der Waals surface area contributed by atoms with Gasteiger partial charge in [-0.25, -0.2) is 0 Å². The molecular weight excluding hydrogens is 204 g/mol. The highest BCUT2D eigenvalue weighted by atomic mass is 16.5. The molecular formula is C13H14O3. The first-order chi connectivity index (χ1) is 7.72. The van der Waals surface area contributed by atoms with Crippen molar-refractivity contribution >= 4 is 0 Å². The van der Waals surface area contributed by atoms with Crippen molar-refractivity contribution in [1.29, 1.82) is 0 Å². The number of benzene rings is 1. The maximum Gasteiger partial charge on any atom is 0.140 e. The molecule has 84 valence electrons. The Morgan fingerprint density at radius 3 is 2.75 bits per heavy atom. The molecule has 0 radical (unpaired) electrons. The van der Waals surface area contributed by atoms with Gasteiger partial charge in [0.15, 0.2) is 0 Å². The number of furan rings is 1. The van der Waals surface area contributed by atoms with Gasteiger partial charge in [0.25, 0.3) is 0 Å². The third-order valence-electron chi connectivity index (χ3n) is 2.49. The Labute approximate surface area is 94.3 Å². The van der Waals surface area contributed by atoms with Crippen molar-refractivity contribution in [2.45, 2.75) is 13.0 Å². The van der Waals surface area contributed by atoms with Crippen molar-refractivity contribution < 1.29 is 14.3 Å². The van der Waals surface area contributed by atoms with Crippen molar-refractivity contribution in [3.63, 3.8) is 0 Å². The molecule has 1 heterocycles. The average molecular weight is 218 g/mol. The van der Waals surface area contributed by atoms with Gasteiger partial charge in [-0.3, -0.25) is 0 Å². The van der Waals surface area contributed by atoms with Crippen LogP contribution in [0.15, 0.2) is 41.0 Å². The summed E-state index contributed by atoms with van der Waals surface area (Å²) in [7, 11) is 1.59. The summed E-state index contributed by atoms with van der Waals surface area (Å²) >= 11 is 0.